The molecule has 0 radical (unpaired) electrons. The minimum absolute atomic E-state index is 0.0468. The van der Waals surface area contributed by atoms with Crippen LogP contribution in [0, 0.1) is 6.92 Å². The molecule has 0 atom stereocenters. The fourth-order valence-electron chi connectivity index (χ4n) is 4.85. The minimum atomic E-state index is 0.0468. The Kier molecular flexibility index (Phi) is 7.10. The molecule has 0 unspecified atom stereocenters. The van der Waals surface area contributed by atoms with Crippen molar-refractivity contribution < 1.29 is 9.53 Å². The summed E-state index contributed by atoms with van der Waals surface area (Å²) in [5, 5.41) is 7.00. The zero-order chi connectivity index (χ0) is 22.4. The van der Waals surface area contributed by atoms with Gasteiger partial charge in [0.2, 0.25) is 5.91 Å². The van der Waals surface area contributed by atoms with Crippen LogP contribution in [0.25, 0.3) is 0 Å². The maximum atomic E-state index is 11.9. The van der Waals surface area contributed by atoms with Gasteiger partial charge in [-0.3, -0.25) is 9.79 Å². The predicted molar refractivity (Wildman–Crippen MR) is 129 cm³/mol. The number of aryl methyl sites for hydroxylation is 1. The van der Waals surface area contributed by atoms with Gasteiger partial charge in [-0.1, -0.05) is 36.4 Å². The van der Waals surface area contributed by atoms with Crippen LogP contribution in [-0.2, 0) is 21.5 Å². The zero-order valence-electron chi connectivity index (χ0n) is 19.2. The molecular formula is C26H34N4O2. The third kappa shape index (κ3) is 4.96. The highest BCUT2D eigenvalue weighted by Crippen LogP contribution is 2.36. The lowest BCUT2D eigenvalue weighted by molar-refractivity contribution is -0.117. The van der Waals surface area contributed by atoms with E-state index in [1.165, 1.54) is 11.1 Å². The number of hydrogen-bond acceptors (Lipinski definition) is 3. The lowest BCUT2D eigenvalue weighted by Gasteiger charge is -2.39. The molecule has 4 rings (SSSR count). The van der Waals surface area contributed by atoms with E-state index in [0.717, 1.165) is 62.8 Å². The molecule has 32 heavy (non-hydrogen) atoms. The van der Waals surface area contributed by atoms with Crippen LogP contribution in [0.2, 0.25) is 0 Å². The quantitative estimate of drug-likeness (QED) is 0.539. The molecule has 0 bridgehead atoms. The lowest BCUT2D eigenvalue weighted by atomic mass is 9.72. The highest BCUT2D eigenvalue weighted by atomic mass is 16.5. The number of anilines is 1. The van der Waals surface area contributed by atoms with E-state index in [1.807, 2.05) is 24.1 Å². The summed E-state index contributed by atoms with van der Waals surface area (Å²) < 4.78 is 5.68. The minimum Gasteiger partial charge on any atom is -0.381 e. The molecule has 1 amide bonds. The van der Waals surface area contributed by atoms with Crippen molar-refractivity contribution in [2.45, 2.75) is 44.6 Å². The van der Waals surface area contributed by atoms with Crippen LogP contribution in [0.5, 0.6) is 0 Å². The number of amides is 1. The Morgan fingerprint density at radius 2 is 1.84 bits per heavy atom. The van der Waals surface area contributed by atoms with Gasteiger partial charge in [0.15, 0.2) is 5.96 Å². The van der Waals surface area contributed by atoms with E-state index in [0.29, 0.717) is 13.0 Å². The van der Waals surface area contributed by atoms with Crippen molar-refractivity contribution in [3.63, 3.8) is 0 Å². The largest absolute Gasteiger partial charge is 0.381 e. The molecule has 0 spiro atoms. The Labute approximate surface area is 191 Å². The first-order valence-corrected chi connectivity index (χ1v) is 11.6. The average Bonchev–Trinajstić information content (AvgIpc) is 3.26. The van der Waals surface area contributed by atoms with E-state index in [9.17, 15) is 4.79 Å². The fourth-order valence-corrected chi connectivity index (χ4v) is 4.85. The molecule has 2 aromatic carbocycles. The highest BCUT2D eigenvalue weighted by molar-refractivity contribution is 5.95. The van der Waals surface area contributed by atoms with Crippen LogP contribution in [0.1, 0.15) is 42.4 Å². The summed E-state index contributed by atoms with van der Waals surface area (Å²) in [5.74, 6) is 1.01. The molecule has 0 aromatic heterocycles. The van der Waals surface area contributed by atoms with Gasteiger partial charge in [0, 0.05) is 57.4 Å². The van der Waals surface area contributed by atoms with Gasteiger partial charge in [0.25, 0.3) is 0 Å². The monoisotopic (exact) mass is 434 g/mol. The second kappa shape index (κ2) is 10.2. The van der Waals surface area contributed by atoms with Gasteiger partial charge >= 0.3 is 0 Å². The van der Waals surface area contributed by atoms with Gasteiger partial charge in [0.05, 0.1) is 0 Å². The Bertz CT molecular complexity index is 949. The second-order valence-electron chi connectivity index (χ2n) is 8.80. The van der Waals surface area contributed by atoms with Crippen LogP contribution < -0.4 is 15.5 Å². The van der Waals surface area contributed by atoms with Gasteiger partial charge in [-0.2, -0.15) is 0 Å². The van der Waals surface area contributed by atoms with E-state index in [4.69, 9.17) is 4.74 Å². The molecule has 0 aliphatic carbocycles. The molecule has 2 aromatic rings. The Hall–Kier alpha value is -2.86. The summed E-state index contributed by atoms with van der Waals surface area (Å²) in [6, 6.07) is 16.9. The summed E-state index contributed by atoms with van der Waals surface area (Å²) in [5.41, 5.74) is 4.92. The van der Waals surface area contributed by atoms with Gasteiger partial charge in [-0.05, 0) is 55.0 Å². The summed E-state index contributed by atoms with van der Waals surface area (Å²) in [7, 11) is 1.81. The second-order valence-corrected chi connectivity index (χ2v) is 8.80. The van der Waals surface area contributed by atoms with Crippen LogP contribution in [0.15, 0.2) is 53.5 Å². The Morgan fingerprint density at radius 3 is 2.50 bits per heavy atom. The number of guanidine groups is 1. The molecule has 2 aliphatic rings. The number of benzene rings is 2. The number of nitrogens with one attached hydrogen (secondary N) is 2. The van der Waals surface area contributed by atoms with E-state index >= 15 is 0 Å². The number of hydrogen-bond donors (Lipinski definition) is 2. The Balaban J connectivity index is 1.37. The fraction of sp³-hybridized carbons (Fsp3) is 0.462. The molecule has 2 fully saturated rings. The first kappa shape index (κ1) is 22.3. The zero-order valence-corrected chi connectivity index (χ0v) is 19.2. The van der Waals surface area contributed by atoms with Crippen molar-refractivity contribution in [1.29, 1.82) is 0 Å². The molecule has 170 valence electrons. The van der Waals surface area contributed by atoms with Crippen LogP contribution >= 0.6 is 0 Å². The molecule has 6 heteroatoms. The summed E-state index contributed by atoms with van der Waals surface area (Å²) in [4.78, 5) is 18.3. The van der Waals surface area contributed by atoms with E-state index in [2.05, 4.69) is 58.9 Å². The smallest absolute Gasteiger partial charge is 0.227 e. The maximum absolute atomic E-state index is 11.9. The first-order chi connectivity index (χ1) is 15.6. The van der Waals surface area contributed by atoms with Crippen molar-refractivity contribution in [3.05, 3.63) is 65.2 Å². The number of nitrogens with zero attached hydrogens (tertiary/aromatic N) is 2. The molecule has 2 N–H and O–H groups in total. The molecule has 0 saturated carbocycles. The standard InChI is InChI=1S/C26H34N4O2/c1-20-6-3-4-7-23(20)26(13-16-32-17-14-26)19-29-25(27-2)28-18-21-9-11-22(12-10-21)30-15-5-8-24(30)31/h3-4,6-7,9-12H,5,8,13-19H2,1-2H3,(H2,27,28,29). The lowest BCUT2D eigenvalue weighted by Crippen LogP contribution is -2.48. The predicted octanol–water partition coefficient (Wildman–Crippen LogP) is 3.54. The number of ether oxygens (including phenoxy) is 1. The number of carbonyl (C=O) groups is 1. The third-order valence-electron chi connectivity index (χ3n) is 6.77. The van der Waals surface area contributed by atoms with E-state index < -0.39 is 0 Å². The van der Waals surface area contributed by atoms with E-state index in [-0.39, 0.29) is 11.3 Å². The molecular weight excluding hydrogens is 400 g/mol. The number of carbonyl (C=O) groups excluding carboxylic acids is 1. The van der Waals surface area contributed by atoms with Gasteiger partial charge in [-0.25, -0.2) is 0 Å². The van der Waals surface area contributed by atoms with Crippen LogP contribution in [-0.4, -0.2) is 45.2 Å². The van der Waals surface area contributed by atoms with Crippen molar-refractivity contribution in [1.82, 2.24) is 10.6 Å². The maximum Gasteiger partial charge on any atom is 0.227 e. The first-order valence-electron chi connectivity index (χ1n) is 11.6. The van der Waals surface area contributed by atoms with Crippen LogP contribution in [0.3, 0.4) is 0 Å². The van der Waals surface area contributed by atoms with Gasteiger partial charge in [0.1, 0.15) is 0 Å². The molecule has 2 saturated heterocycles. The molecule has 2 aliphatic heterocycles. The normalized spacial score (nSPS) is 18.6. The summed E-state index contributed by atoms with van der Waals surface area (Å²) >= 11 is 0. The number of aliphatic imine (C=N–C) groups is 1. The number of rotatable bonds is 6. The van der Waals surface area contributed by atoms with Crippen molar-refractivity contribution in [2.75, 3.05) is 38.3 Å². The summed E-state index contributed by atoms with van der Waals surface area (Å²) in [6.07, 6.45) is 3.60. The SMILES string of the molecule is CN=C(NCc1ccc(N2CCCC2=O)cc1)NCC1(c2ccccc2C)CCOCC1. The highest BCUT2D eigenvalue weighted by Gasteiger charge is 2.35. The van der Waals surface area contributed by atoms with E-state index in [1.54, 1.807) is 0 Å². The van der Waals surface area contributed by atoms with Crippen LogP contribution in [0.4, 0.5) is 5.69 Å². The Morgan fingerprint density at radius 1 is 1.09 bits per heavy atom. The topological polar surface area (TPSA) is 66.0 Å². The van der Waals surface area contributed by atoms with Crippen molar-refractivity contribution in [2.24, 2.45) is 4.99 Å². The third-order valence-corrected chi connectivity index (χ3v) is 6.77. The van der Waals surface area contributed by atoms with Crippen molar-refractivity contribution >= 4 is 17.6 Å². The molecule has 6 nitrogen and oxygen atoms in total. The van der Waals surface area contributed by atoms with Gasteiger partial charge < -0.3 is 20.3 Å². The van der Waals surface area contributed by atoms with Gasteiger partial charge in [-0.15, -0.1) is 0 Å². The van der Waals surface area contributed by atoms with Crippen molar-refractivity contribution in [3.8, 4) is 0 Å². The average molecular weight is 435 g/mol. The molecule has 2 heterocycles. The summed E-state index contributed by atoms with van der Waals surface area (Å²) in [6.45, 7) is 6.08.